The zero-order valence-corrected chi connectivity index (χ0v) is 9.41. The molecule has 0 spiro atoms. The minimum Gasteiger partial charge on any atom is -0.320 e. The molecule has 0 aliphatic carbocycles. The van der Waals surface area contributed by atoms with Crippen molar-refractivity contribution in [2.45, 2.75) is 24.4 Å². The van der Waals surface area contributed by atoms with Gasteiger partial charge in [0, 0.05) is 5.92 Å². The first-order chi connectivity index (χ1) is 7.31. The molecule has 4 heteroatoms. The van der Waals surface area contributed by atoms with Crippen LogP contribution in [0.1, 0.15) is 30.7 Å². The molecule has 1 atom stereocenters. The summed E-state index contributed by atoms with van der Waals surface area (Å²) in [6.45, 7) is 2.14. The van der Waals surface area contributed by atoms with Crippen LogP contribution in [-0.2, 0) is 0 Å². The molecule has 78 valence electrons. The van der Waals surface area contributed by atoms with Gasteiger partial charge in [0.1, 0.15) is 5.82 Å². The van der Waals surface area contributed by atoms with E-state index in [0.717, 1.165) is 12.2 Å². The maximum Gasteiger partial charge on any atom is 0.185 e. The van der Waals surface area contributed by atoms with Gasteiger partial charge in [-0.25, -0.2) is 0 Å². The van der Waals surface area contributed by atoms with E-state index in [1.165, 1.54) is 5.56 Å². The molecular weight excluding hydrogens is 206 g/mol. The summed E-state index contributed by atoms with van der Waals surface area (Å²) in [4.78, 5) is 3.07. The smallest absolute Gasteiger partial charge is 0.185 e. The van der Waals surface area contributed by atoms with Crippen LogP contribution in [0.15, 0.2) is 35.5 Å². The first kappa shape index (κ1) is 10.2. The molecule has 0 fully saturated rings. The third kappa shape index (κ3) is 2.21. The van der Waals surface area contributed by atoms with Crippen molar-refractivity contribution in [1.82, 2.24) is 15.2 Å². The Morgan fingerprint density at radius 3 is 2.53 bits per heavy atom. The molecule has 0 amide bonds. The van der Waals surface area contributed by atoms with Crippen molar-refractivity contribution in [3.63, 3.8) is 0 Å². The van der Waals surface area contributed by atoms with Crippen LogP contribution in [-0.4, -0.2) is 15.2 Å². The Kier molecular flexibility index (Phi) is 3.06. The van der Waals surface area contributed by atoms with Gasteiger partial charge in [0.25, 0.3) is 0 Å². The van der Waals surface area contributed by atoms with Crippen LogP contribution >= 0.6 is 12.6 Å². The molecule has 1 unspecified atom stereocenters. The molecule has 1 aromatic heterocycles. The number of rotatable bonds is 3. The topological polar surface area (TPSA) is 41.6 Å². The van der Waals surface area contributed by atoms with E-state index in [1.807, 2.05) is 18.2 Å². The third-order valence-electron chi connectivity index (χ3n) is 2.43. The molecule has 3 nitrogen and oxygen atoms in total. The van der Waals surface area contributed by atoms with Crippen LogP contribution < -0.4 is 0 Å². The first-order valence-corrected chi connectivity index (χ1v) is 5.42. The number of hydrogen-bond donors (Lipinski definition) is 2. The van der Waals surface area contributed by atoms with E-state index in [9.17, 15) is 0 Å². The number of H-pyrrole nitrogens is 1. The van der Waals surface area contributed by atoms with Crippen LogP contribution in [0.2, 0.25) is 0 Å². The average molecular weight is 219 g/mol. The van der Waals surface area contributed by atoms with Gasteiger partial charge >= 0.3 is 0 Å². The average Bonchev–Trinajstić information content (AvgIpc) is 2.68. The number of aromatic nitrogens is 3. The molecule has 1 heterocycles. The summed E-state index contributed by atoms with van der Waals surface area (Å²) < 4.78 is 0. The van der Waals surface area contributed by atoms with Gasteiger partial charge < -0.3 is 4.98 Å². The summed E-state index contributed by atoms with van der Waals surface area (Å²) in [6, 6.07) is 10.3. The summed E-state index contributed by atoms with van der Waals surface area (Å²) in [5.41, 5.74) is 1.25. The van der Waals surface area contributed by atoms with E-state index in [0.29, 0.717) is 5.16 Å². The van der Waals surface area contributed by atoms with Crippen molar-refractivity contribution in [2.24, 2.45) is 0 Å². The lowest BCUT2D eigenvalue weighted by Gasteiger charge is -2.11. The minimum atomic E-state index is 0.277. The Morgan fingerprint density at radius 2 is 2.00 bits per heavy atom. The molecule has 0 aliphatic heterocycles. The maximum atomic E-state index is 4.12. The van der Waals surface area contributed by atoms with Crippen molar-refractivity contribution in [3.8, 4) is 0 Å². The molecule has 1 aromatic carbocycles. The van der Waals surface area contributed by atoms with E-state index in [2.05, 4.69) is 46.9 Å². The summed E-state index contributed by atoms with van der Waals surface area (Å²) in [5.74, 6) is 1.16. The molecule has 1 N–H and O–H groups in total. The highest BCUT2D eigenvalue weighted by Gasteiger charge is 2.15. The van der Waals surface area contributed by atoms with Gasteiger partial charge in [0.2, 0.25) is 0 Å². The Balaban J connectivity index is 2.33. The van der Waals surface area contributed by atoms with Gasteiger partial charge in [-0.05, 0) is 12.0 Å². The van der Waals surface area contributed by atoms with Crippen LogP contribution in [0, 0.1) is 0 Å². The maximum absolute atomic E-state index is 4.12. The summed E-state index contributed by atoms with van der Waals surface area (Å²) in [7, 11) is 0. The quantitative estimate of drug-likeness (QED) is 0.779. The zero-order valence-electron chi connectivity index (χ0n) is 8.51. The molecule has 0 bridgehead atoms. The zero-order chi connectivity index (χ0) is 10.7. The minimum absolute atomic E-state index is 0.277. The van der Waals surface area contributed by atoms with Gasteiger partial charge in [-0.1, -0.05) is 37.3 Å². The standard InChI is InChI=1S/C11H13N3S/c1-2-9(8-6-4-3-5-7-8)10-12-11(15)14-13-10/h3-7,9H,2H2,1H3,(H2,12,13,14,15). The van der Waals surface area contributed by atoms with E-state index in [1.54, 1.807) is 0 Å². The Morgan fingerprint density at radius 1 is 1.27 bits per heavy atom. The van der Waals surface area contributed by atoms with E-state index >= 15 is 0 Å². The summed E-state index contributed by atoms with van der Waals surface area (Å²) >= 11 is 4.12. The Labute approximate surface area is 94.4 Å². The van der Waals surface area contributed by atoms with Crippen molar-refractivity contribution >= 4 is 12.6 Å². The van der Waals surface area contributed by atoms with Crippen molar-refractivity contribution in [3.05, 3.63) is 41.7 Å². The molecule has 0 aliphatic rings. The molecule has 0 saturated carbocycles. The monoisotopic (exact) mass is 219 g/mol. The highest BCUT2D eigenvalue weighted by molar-refractivity contribution is 7.80. The van der Waals surface area contributed by atoms with E-state index in [-0.39, 0.29) is 5.92 Å². The number of nitrogens with one attached hydrogen (secondary N) is 1. The van der Waals surface area contributed by atoms with Gasteiger partial charge in [-0.3, -0.25) is 0 Å². The molecule has 2 rings (SSSR count). The highest BCUT2D eigenvalue weighted by Crippen LogP contribution is 2.24. The van der Waals surface area contributed by atoms with Crippen LogP contribution in [0.25, 0.3) is 0 Å². The predicted molar refractivity (Wildman–Crippen MR) is 62.2 cm³/mol. The second-order valence-corrected chi connectivity index (χ2v) is 3.83. The largest absolute Gasteiger partial charge is 0.320 e. The number of hydrogen-bond acceptors (Lipinski definition) is 3. The SMILES string of the molecule is CCC(c1ccccc1)c1nnc(S)[nH]1. The van der Waals surface area contributed by atoms with Gasteiger partial charge in [0.05, 0.1) is 0 Å². The number of thiol groups is 1. The normalized spacial score (nSPS) is 12.7. The summed E-state index contributed by atoms with van der Waals surface area (Å²) in [5, 5.41) is 8.52. The van der Waals surface area contributed by atoms with Crippen LogP contribution in [0.4, 0.5) is 0 Å². The molecule has 0 radical (unpaired) electrons. The van der Waals surface area contributed by atoms with E-state index < -0.39 is 0 Å². The predicted octanol–water partition coefficient (Wildman–Crippen LogP) is 2.64. The fourth-order valence-electron chi connectivity index (χ4n) is 1.69. The number of nitrogens with zero attached hydrogens (tertiary/aromatic N) is 2. The second kappa shape index (κ2) is 4.49. The van der Waals surface area contributed by atoms with Gasteiger partial charge in [0.15, 0.2) is 5.16 Å². The number of aromatic amines is 1. The lowest BCUT2D eigenvalue weighted by Crippen LogP contribution is -2.01. The van der Waals surface area contributed by atoms with E-state index in [4.69, 9.17) is 0 Å². The molecular formula is C11H13N3S. The second-order valence-electron chi connectivity index (χ2n) is 3.41. The van der Waals surface area contributed by atoms with Gasteiger partial charge in [-0.15, -0.1) is 22.8 Å². The fourth-order valence-corrected chi connectivity index (χ4v) is 1.85. The lowest BCUT2D eigenvalue weighted by molar-refractivity contribution is 0.720. The van der Waals surface area contributed by atoms with Crippen molar-refractivity contribution in [2.75, 3.05) is 0 Å². The highest BCUT2D eigenvalue weighted by atomic mass is 32.1. The molecule has 0 saturated heterocycles. The number of benzene rings is 1. The third-order valence-corrected chi connectivity index (χ3v) is 2.63. The molecule has 15 heavy (non-hydrogen) atoms. The van der Waals surface area contributed by atoms with Crippen LogP contribution in [0.5, 0.6) is 0 Å². The fraction of sp³-hybridized carbons (Fsp3) is 0.273. The Hall–Kier alpha value is -1.29. The van der Waals surface area contributed by atoms with Gasteiger partial charge in [-0.2, -0.15) is 0 Å². The Bertz CT molecular complexity index is 424. The molecule has 2 aromatic rings. The summed E-state index contributed by atoms with van der Waals surface area (Å²) in [6.07, 6.45) is 0.992. The van der Waals surface area contributed by atoms with Crippen molar-refractivity contribution < 1.29 is 0 Å². The van der Waals surface area contributed by atoms with Crippen molar-refractivity contribution in [1.29, 1.82) is 0 Å². The lowest BCUT2D eigenvalue weighted by atomic mass is 9.96. The first-order valence-electron chi connectivity index (χ1n) is 4.97. The van der Waals surface area contributed by atoms with Crippen LogP contribution in [0.3, 0.4) is 0 Å².